The number of benzene rings is 2. The molecule has 232 valence electrons. The maximum absolute atomic E-state index is 14.6. The molecule has 0 N–H and O–H groups in total. The van der Waals surface area contributed by atoms with Crippen LogP contribution >= 0.6 is 0 Å². The Morgan fingerprint density at radius 3 is 1.77 bits per heavy atom. The molecule has 7 aliphatic rings. The molecule has 1 aliphatic carbocycles. The summed E-state index contributed by atoms with van der Waals surface area (Å²) in [5.74, 6) is -0.768. The molecule has 8 heteroatoms. The first-order valence-corrected chi connectivity index (χ1v) is 16.6. The summed E-state index contributed by atoms with van der Waals surface area (Å²) in [6.45, 7) is 0. The molecule has 6 heterocycles. The molecule has 0 spiro atoms. The quantitative estimate of drug-likeness (QED) is 0.297. The molecule has 4 bridgehead atoms. The number of fused-ring (bicyclic) bond motifs is 11. The molecular weight excluding hydrogens is 556 g/mol. The van der Waals surface area contributed by atoms with Crippen LogP contribution in [0, 0.1) is 0 Å². The number of epoxide rings is 2. The van der Waals surface area contributed by atoms with Gasteiger partial charge in [0.25, 0.3) is 0 Å². The summed E-state index contributed by atoms with van der Waals surface area (Å²) >= 11 is 0. The lowest BCUT2D eigenvalue weighted by Gasteiger charge is -2.46. The van der Waals surface area contributed by atoms with Crippen LogP contribution in [0.4, 0.5) is 0 Å². The zero-order valence-electron chi connectivity index (χ0n) is 26.1. The van der Waals surface area contributed by atoms with E-state index in [1.165, 1.54) is 0 Å². The van der Waals surface area contributed by atoms with Gasteiger partial charge in [0.1, 0.15) is 66.2 Å². The average molecular weight is 601 g/mol. The highest BCUT2D eigenvalue weighted by molar-refractivity contribution is 5.91. The zero-order chi connectivity index (χ0) is 30.2. The Morgan fingerprint density at radius 1 is 0.705 bits per heavy atom. The first-order chi connectivity index (χ1) is 21.1. The van der Waals surface area contributed by atoms with Crippen LogP contribution in [-0.2, 0) is 34.0 Å². The molecule has 44 heavy (non-hydrogen) atoms. The number of hydrogen-bond acceptors (Lipinski definition) is 6. The number of carbonyl (C=O) groups excluding carboxylic acids is 2. The maximum Gasteiger partial charge on any atom is 0.321 e. The van der Waals surface area contributed by atoms with Crippen molar-refractivity contribution in [3.63, 3.8) is 0 Å². The van der Waals surface area contributed by atoms with E-state index in [2.05, 4.69) is 28.2 Å². The van der Waals surface area contributed by atoms with E-state index in [0.717, 1.165) is 51.3 Å². The number of quaternary nitrogens is 2. The molecule has 11 atom stereocenters. The van der Waals surface area contributed by atoms with Crippen LogP contribution in [0.2, 0.25) is 0 Å². The van der Waals surface area contributed by atoms with Crippen molar-refractivity contribution in [3.05, 3.63) is 71.3 Å². The van der Waals surface area contributed by atoms with Crippen LogP contribution in [0.5, 0.6) is 0 Å². The number of nitrogens with zero attached hydrogens (tertiary/aromatic N) is 2. The largest absolute Gasteiger partial charge is 0.461 e. The molecule has 6 fully saturated rings. The molecule has 2 aromatic rings. The highest BCUT2D eigenvalue weighted by Crippen LogP contribution is 2.54. The Morgan fingerprint density at radius 2 is 1.20 bits per heavy atom. The lowest BCUT2D eigenvalue weighted by molar-refractivity contribution is -0.938. The van der Waals surface area contributed by atoms with E-state index in [1.807, 2.05) is 54.6 Å². The second-order valence-electron chi connectivity index (χ2n) is 15.6. The minimum absolute atomic E-state index is 0.0856. The highest BCUT2D eigenvalue weighted by atomic mass is 16.6. The Bertz CT molecular complexity index is 1490. The molecule has 0 aromatic heterocycles. The predicted molar refractivity (Wildman–Crippen MR) is 161 cm³/mol. The predicted octanol–water partition coefficient (Wildman–Crippen LogP) is 3.45. The van der Waals surface area contributed by atoms with E-state index < -0.39 is 11.3 Å². The van der Waals surface area contributed by atoms with Crippen molar-refractivity contribution >= 4 is 11.9 Å². The summed E-state index contributed by atoms with van der Waals surface area (Å²) in [7, 11) is 9.16. The van der Waals surface area contributed by atoms with E-state index in [4.69, 9.17) is 18.9 Å². The second kappa shape index (κ2) is 9.15. The van der Waals surface area contributed by atoms with E-state index in [0.29, 0.717) is 61.4 Å². The minimum atomic E-state index is -0.973. The van der Waals surface area contributed by atoms with Gasteiger partial charge in [0.15, 0.2) is 0 Å². The Balaban J connectivity index is 0.998. The van der Waals surface area contributed by atoms with Gasteiger partial charge >= 0.3 is 11.9 Å². The SMILES string of the molecule is C[N+]1(C)[C@@H]2CC(OC(=O)[C@H]3CC[C@](C(=O)OC4C[C@@H]5[C@H]6O[C@H]6[C@H](C4)[N+]5(C)C)(c4ccccc4)c4ccccc43)C[C@@H]1[C@H]1O[C@@H]12. The molecule has 0 amide bonds. The number of morpholine rings is 2. The summed E-state index contributed by atoms with van der Waals surface area (Å²) in [5.41, 5.74) is 1.72. The molecule has 0 saturated carbocycles. The first-order valence-electron chi connectivity index (χ1n) is 16.6. The third kappa shape index (κ3) is 3.71. The van der Waals surface area contributed by atoms with Crippen LogP contribution in [0.25, 0.3) is 0 Å². The van der Waals surface area contributed by atoms with Crippen molar-refractivity contribution in [2.45, 2.75) is 111 Å². The minimum Gasteiger partial charge on any atom is -0.461 e. The van der Waals surface area contributed by atoms with Crippen molar-refractivity contribution in [1.82, 2.24) is 0 Å². The Labute approximate surface area is 259 Å². The number of piperidine rings is 2. The van der Waals surface area contributed by atoms with Gasteiger partial charge in [0.05, 0.1) is 34.1 Å². The third-order valence-electron chi connectivity index (χ3n) is 13.1. The summed E-state index contributed by atoms with van der Waals surface area (Å²) < 4.78 is 26.7. The smallest absolute Gasteiger partial charge is 0.321 e. The van der Waals surface area contributed by atoms with Gasteiger partial charge in [-0.1, -0.05) is 54.6 Å². The number of ether oxygens (including phenoxy) is 4. The number of hydrogen-bond donors (Lipinski definition) is 0. The fourth-order valence-corrected chi connectivity index (χ4v) is 10.5. The highest BCUT2D eigenvalue weighted by Gasteiger charge is 2.72. The van der Waals surface area contributed by atoms with Crippen molar-refractivity contribution in [3.8, 4) is 0 Å². The number of esters is 2. The van der Waals surface area contributed by atoms with Crippen LogP contribution in [-0.4, -0.2) is 110 Å². The van der Waals surface area contributed by atoms with Crippen molar-refractivity contribution in [1.29, 1.82) is 0 Å². The summed E-state index contributed by atoms with van der Waals surface area (Å²) in [4.78, 5) is 28.6. The van der Waals surface area contributed by atoms with E-state index in [1.54, 1.807) is 0 Å². The number of rotatable bonds is 5. The number of carbonyl (C=O) groups is 2. The summed E-state index contributed by atoms with van der Waals surface area (Å²) in [6.07, 6.45) is 5.38. The molecule has 1 unspecified atom stereocenters. The van der Waals surface area contributed by atoms with Gasteiger partial charge in [-0.15, -0.1) is 0 Å². The van der Waals surface area contributed by atoms with Gasteiger partial charge in [0.2, 0.25) is 0 Å². The van der Waals surface area contributed by atoms with Crippen molar-refractivity contribution in [2.75, 3.05) is 28.2 Å². The van der Waals surface area contributed by atoms with Crippen molar-refractivity contribution in [2.24, 2.45) is 0 Å². The van der Waals surface area contributed by atoms with E-state index in [9.17, 15) is 9.59 Å². The van der Waals surface area contributed by atoms with Crippen molar-refractivity contribution < 1.29 is 37.5 Å². The standard InChI is InChI=1S/C36H44N2O6/c1-37(2)26-16-21(17-27(37)31-30(26)43-31)41-34(39)24-14-15-36(20-10-6-5-7-11-20,25-13-9-8-12-23(24)25)35(40)42-22-18-28-32-33(44-32)29(19-22)38(28,3)4/h5-13,21-22,24,26-33H,14-19H2,1-4H3/q+2/t22?,24-,26+,27+,28-,29+,30+,31+,32-,33+,36-/m0/s1. The van der Waals surface area contributed by atoms with Gasteiger partial charge in [-0.05, 0) is 29.5 Å². The van der Waals surface area contributed by atoms with Gasteiger partial charge in [0, 0.05) is 25.7 Å². The molecule has 0 radical (unpaired) electrons. The third-order valence-corrected chi connectivity index (χ3v) is 13.1. The Kier molecular flexibility index (Phi) is 5.72. The van der Waals surface area contributed by atoms with E-state index >= 15 is 0 Å². The Hall–Kier alpha value is -2.78. The monoisotopic (exact) mass is 600 g/mol. The summed E-state index contributed by atoms with van der Waals surface area (Å²) in [6, 6.07) is 19.5. The first kappa shape index (κ1) is 27.5. The molecule has 2 aromatic carbocycles. The number of likely N-dealkylation sites (N-methyl/N-ethyl adjacent to an activating group) is 2. The fourth-order valence-electron chi connectivity index (χ4n) is 10.5. The van der Waals surface area contributed by atoms with Gasteiger partial charge in [-0.25, -0.2) is 0 Å². The lowest BCUT2D eigenvalue weighted by atomic mass is 9.63. The molecule has 6 aliphatic heterocycles. The second-order valence-corrected chi connectivity index (χ2v) is 15.6. The average Bonchev–Trinajstić information content (AvgIpc) is 3.91. The fraction of sp³-hybridized carbons (Fsp3) is 0.611. The zero-order valence-corrected chi connectivity index (χ0v) is 26.1. The van der Waals surface area contributed by atoms with Crippen LogP contribution in [0.1, 0.15) is 61.1 Å². The topological polar surface area (TPSA) is 77.7 Å². The van der Waals surface area contributed by atoms with Crippen LogP contribution in [0.15, 0.2) is 54.6 Å². The molecule has 8 nitrogen and oxygen atoms in total. The molecule has 9 rings (SSSR count). The van der Waals surface area contributed by atoms with Gasteiger partial charge < -0.3 is 27.9 Å². The normalized spacial score (nSPS) is 44.5. The maximum atomic E-state index is 14.6. The van der Waals surface area contributed by atoms with Gasteiger partial charge in [-0.2, -0.15) is 0 Å². The lowest BCUT2D eigenvalue weighted by Crippen LogP contribution is -2.60. The molecular formula is C36H44N2O6+2. The van der Waals surface area contributed by atoms with Gasteiger partial charge in [-0.3, -0.25) is 9.59 Å². The van der Waals surface area contributed by atoms with Crippen LogP contribution in [0.3, 0.4) is 0 Å². The summed E-state index contributed by atoms with van der Waals surface area (Å²) in [5, 5.41) is 0. The van der Waals surface area contributed by atoms with Crippen LogP contribution < -0.4 is 0 Å². The molecule has 6 saturated heterocycles. The van der Waals surface area contributed by atoms with E-state index in [-0.39, 0.29) is 24.1 Å².